The van der Waals surface area contributed by atoms with Crippen LogP contribution in [0.4, 0.5) is 0 Å². The highest BCUT2D eigenvalue weighted by molar-refractivity contribution is 6.31. The molecule has 0 saturated carbocycles. The second-order valence-corrected chi connectivity index (χ2v) is 5.31. The van der Waals surface area contributed by atoms with Crippen LogP contribution in [0.15, 0.2) is 24.3 Å². The second kappa shape index (κ2) is 9.18. The van der Waals surface area contributed by atoms with Gasteiger partial charge in [0.05, 0.1) is 6.42 Å². The number of amides is 1. The Bertz CT molecular complexity index is 397. The maximum atomic E-state index is 11.9. The molecule has 1 unspecified atom stereocenters. The SMILES string of the molecule is CC(C)CC(CN)NC(=O)Cc1ccccc1Cl.Cl. The molecule has 5 heteroatoms. The predicted octanol–water partition coefficient (Wildman–Crippen LogP) is 2.79. The Morgan fingerprint density at radius 1 is 1.37 bits per heavy atom. The molecule has 1 aromatic rings. The van der Waals surface area contributed by atoms with Crippen LogP contribution in [-0.2, 0) is 11.2 Å². The zero-order valence-corrected chi connectivity index (χ0v) is 12.9. The van der Waals surface area contributed by atoms with Crippen LogP contribution < -0.4 is 11.1 Å². The fourth-order valence-corrected chi connectivity index (χ4v) is 2.08. The van der Waals surface area contributed by atoms with Crippen molar-refractivity contribution in [3.05, 3.63) is 34.9 Å². The topological polar surface area (TPSA) is 55.1 Å². The molecule has 3 nitrogen and oxygen atoms in total. The minimum absolute atomic E-state index is 0. The largest absolute Gasteiger partial charge is 0.352 e. The number of halogens is 2. The predicted molar refractivity (Wildman–Crippen MR) is 82.8 cm³/mol. The second-order valence-electron chi connectivity index (χ2n) is 4.90. The van der Waals surface area contributed by atoms with E-state index in [1.54, 1.807) is 6.07 Å². The monoisotopic (exact) mass is 304 g/mol. The highest BCUT2D eigenvalue weighted by atomic mass is 35.5. The molecule has 0 aliphatic carbocycles. The Morgan fingerprint density at radius 2 is 2.00 bits per heavy atom. The molecular weight excluding hydrogens is 283 g/mol. The summed E-state index contributed by atoms with van der Waals surface area (Å²) in [5.74, 6) is 0.485. The van der Waals surface area contributed by atoms with Gasteiger partial charge in [-0.3, -0.25) is 4.79 Å². The Hall–Kier alpha value is -0.770. The van der Waals surface area contributed by atoms with Gasteiger partial charge in [-0.15, -0.1) is 12.4 Å². The van der Waals surface area contributed by atoms with Gasteiger partial charge in [0.25, 0.3) is 0 Å². The number of carbonyl (C=O) groups is 1. The molecule has 0 heterocycles. The van der Waals surface area contributed by atoms with E-state index >= 15 is 0 Å². The molecule has 0 aliphatic rings. The molecule has 0 bridgehead atoms. The third kappa shape index (κ3) is 6.81. The fraction of sp³-hybridized carbons (Fsp3) is 0.500. The van der Waals surface area contributed by atoms with Crippen LogP contribution in [0, 0.1) is 5.92 Å². The Morgan fingerprint density at radius 3 is 2.53 bits per heavy atom. The van der Waals surface area contributed by atoms with Gasteiger partial charge in [-0.25, -0.2) is 0 Å². The fourth-order valence-electron chi connectivity index (χ4n) is 1.88. The summed E-state index contributed by atoms with van der Waals surface area (Å²) in [5, 5.41) is 3.58. The summed E-state index contributed by atoms with van der Waals surface area (Å²) in [7, 11) is 0. The first kappa shape index (κ1) is 18.2. The average molecular weight is 305 g/mol. The smallest absolute Gasteiger partial charge is 0.224 e. The van der Waals surface area contributed by atoms with Crippen LogP contribution in [0.25, 0.3) is 0 Å². The van der Waals surface area contributed by atoms with Gasteiger partial charge >= 0.3 is 0 Å². The maximum Gasteiger partial charge on any atom is 0.224 e. The molecule has 0 spiro atoms. The molecule has 0 aliphatic heterocycles. The number of benzene rings is 1. The van der Waals surface area contributed by atoms with Crippen LogP contribution in [0.2, 0.25) is 5.02 Å². The summed E-state index contributed by atoms with van der Waals surface area (Å²) in [5.41, 5.74) is 6.50. The molecule has 0 fully saturated rings. The minimum Gasteiger partial charge on any atom is -0.352 e. The van der Waals surface area contributed by atoms with E-state index in [0.717, 1.165) is 12.0 Å². The number of nitrogens with two attached hydrogens (primary N) is 1. The van der Waals surface area contributed by atoms with Crippen molar-refractivity contribution in [2.45, 2.75) is 32.7 Å². The third-order valence-corrected chi connectivity index (χ3v) is 3.08. The Labute approximate surface area is 126 Å². The lowest BCUT2D eigenvalue weighted by molar-refractivity contribution is -0.121. The summed E-state index contributed by atoms with van der Waals surface area (Å²) in [6.07, 6.45) is 1.19. The van der Waals surface area contributed by atoms with Gasteiger partial charge in [-0.1, -0.05) is 43.6 Å². The van der Waals surface area contributed by atoms with Crippen LogP contribution in [-0.4, -0.2) is 18.5 Å². The number of hydrogen-bond acceptors (Lipinski definition) is 2. The molecule has 1 aromatic carbocycles. The standard InChI is InChI=1S/C14H21ClN2O.ClH/c1-10(2)7-12(9-16)17-14(18)8-11-5-3-4-6-13(11)15;/h3-6,10,12H,7-9,16H2,1-2H3,(H,17,18);1H. The van der Waals surface area contributed by atoms with Gasteiger partial charge in [-0.05, 0) is 24.0 Å². The molecular formula is C14H22Cl2N2O. The van der Waals surface area contributed by atoms with E-state index in [0.29, 0.717) is 23.9 Å². The van der Waals surface area contributed by atoms with Crippen molar-refractivity contribution >= 4 is 29.9 Å². The number of hydrogen-bond donors (Lipinski definition) is 2. The summed E-state index contributed by atoms with van der Waals surface area (Å²) >= 11 is 6.02. The van der Waals surface area contributed by atoms with Gasteiger partial charge in [-0.2, -0.15) is 0 Å². The molecule has 1 rings (SSSR count). The minimum atomic E-state index is -0.0285. The lowest BCUT2D eigenvalue weighted by Crippen LogP contribution is -2.41. The lowest BCUT2D eigenvalue weighted by Gasteiger charge is -2.19. The van der Waals surface area contributed by atoms with Crippen molar-refractivity contribution in [1.29, 1.82) is 0 Å². The van der Waals surface area contributed by atoms with Crippen molar-refractivity contribution in [3.63, 3.8) is 0 Å². The van der Waals surface area contributed by atoms with Crippen LogP contribution >= 0.6 is 24.0 Å². The van der Waals surface area contributed by atoms with E-state index in [1.165, 1.54) is 0 Å². The molecule has 0 aromatic heterocycles. The van der Waals surface area contributed by atoms with E-state index in [-0.39, 0.29) is 24.4 Å². The first-order valence-electron chi connectivity index (χ1n) is 6.25. The zero-order chi connectivity index (χ0) is 13.5. The molecule has 0 saturated heterocycles. The van der Waals surface area contributed by atoms with E-state index < -0.39 is 0 Å². The van der Waals surface area contributed by atoms with Gasteiger partial charge < -0.3 is 11.1 Å². The molecule has 1 atom stereocenters. The third-order valence-electron chi connectivity index (χ3n) is 2.71. The normalized spacial score (nSPS) is 11.8. The van der Waals surface area contributed by atoms with Gasteiger partial charge in [0.15, 0.2) is 0 Å². The summed E-state index contributed by atoms with van der Waals surface area (Å²) in [4.78, 5) is 11.9. The summed E-state index contributed by atoms with van der Waals surface area (Å²) in [6, 6.07) is 7.43. The summed E-state index contributed by atoms with van der Waals surface area (Å²) < 4.78 is 0. The summed E-state index contributed by atoms with van der Waals surface area (Å²) in [6.45, 7) is 4.69. The van der Waals surface area contributed by atoms with E-state index in [9.17, 15) is 4.79 Å². The molecule has 0 radical (unpaired) electrons. The van der Waals surface area contributed by atoms with Crippen LogP contribution in [0.5, 0.6) is 0 Å². The number of carbonyl (C=O) groups excluding carboxylic acids is 1. The molecule has 108 valence electrons. The van der Waals surface area contributed by atoms with E-state index in [1.807, 2.05) is 18.2 Å². The molecule has 3 N–H and O–H groups in total. The number of nitrogens with one attached hydrogen (secondary N) is 1. The Kier molecular flexibility index (Phi) is 8.81. The number of rotatable bonds is 6. The van der Waals surface area contributed by atoms with Crippen molar-refractivity contribution in [3.8, 4) is 0 Å². The molecule has 19 heavy (non-hydrogen) atoms. The lowest BCUT2D eigenvalue weighted by atomic mass is 10.0. The van der Waals surface area contributed by atoms with Crippen LogP contribution in [0.3, 0.4) is 0 Å². The van der Waals surface area contributed by atoms with Crippen molar-refractivity contribution in [2.75, 3.05) is 6.54 Å². The first-order valence-corrected chi connectivity index (χ1v) is 6.63. The van der Waals surface area contributed by atoms with Crippen molar-refractivity contribution in [1.82, 2.24) is 5.32 Å². The van der Waals surface area contributed by atoms with E-state index in [4.69, 9.17) is 17.3 Å². The van der Waals surface area contributed by atoms with Crippen molar-refractivity contribution in [2.24, 2.45) is 11.7 Å². The van der Waals surface area contributed by atoms with Crippen LogP contribution in [0.1, 0.15) is 25.8 Å². The first-order chi connectivity index (χ1) is 8.52. The highest BCUT2D eigenvalue weighted by Gasteiger charge is 2.13. The maximum absolute atomic E-state index is 11.9. The Balaban J connectivity index is 0.00000324. The quantitative estimate of drug-likeness (QED) is 0.849. The zero-order valence-electron chi connectivity index (χ0n) is 11.4. The van der Waals surface area contributed by atoms with Gasteiger partial charge in [0.1, 0.15) is 0 Å². The van der Waals surface area contributed by atoms with Gasteiger partial charge in [0, 0.05) is 17.6 Å². The highest BCUT2D eigenvalue weighted by Crippen LogP contribution is 2.15. The van der Waals surface area contributed by atoms with E-state index in [2.05, 4.69) is 19.2 Å². The molecule has 1 amide bonds. The van der Waals surface area contributed by atoms with Gasteiger partial charge in [0.2, 0.25) is 5.91 Å². The average Bonchev–Trinajstić information content (AvgIpc) is 2.30. The van der Waals surface area contributed by atoms with Crippen molar-refractivity contribution < 1.29 is 4.79 Å².